The van der Waals surface area contributed by atoms with Crippen molar-refractivity contribution in [2.75, 3.05) is 5.75 Å². The topological polar surface area (TPSA) is 80.7 Å². The number of rotatable bonds is 5. The molecule has 0 radical (unpaired) electrons. The Morgan fingerprint density at radius 1 is 1.71 bits per heavy atom. The molecular formula is C7H13NaO5S. The van der Waals surface area contributed by atoms with Crippen molar-refractivity contribution in [2.45, 2.75) is 19.4 Å². The number of carbonyl (C=O) groups is 1. The molecular weight excluding hydrogens is 219 g/mol. The van der Waals surface area contributed by atoms with Gasteiger partial charge in [0, 0.05) is 6.08 Å². The SMILES string of the molecule is C=CC(=O)OS(=O)(=O)CC(O)CC.[H-].[Na+]. The van der Waals surface area contributed by atoms with Crippen molar-refractivity contribution in [2.24, 2.45) is 0 Å². The van der Waals surface area contributed by atoms with E-state index in [4.69, 9.17) is 5.11 Å². The van der Waals surface area contributed by atoms with Crippen molar-refractivity contribution in [1.82, 2.24) is 0 Å². The first-order valence-corrected chi connectivity index (χ1v) is 5.25. The summed E-state index contributed by atoms with van der Waals surface area (Å²) in [5, 5.41) is 8.98. The van der Waals surface area contributed by atoms with Crippen LogP contribution in [0, 0.1) is 0 Å². The van der Waals surface area contributed by atoms with Crippen LogP contribution in [0.15, 0.2) is 12.7 Å². The molecule has 1 unspecified atom stereocenters. The van der Waals surface area contributed by atoms with Gasteiger partial charge in [-0.25, -0.2) is 4.79 Å². The molecule has 0 saturated carbocycles. The molecule has 0 rings (SSSR count). The van der Waals surface area contributed by atoms with Gasteiger partial charge in [0.25, 0.3) is 0 Å². The summed E-state index contributed by atoms with van der Waals surface area (Å²) in [5.74, 6) is -1.62. The van der Waals surface area contributed by atoms with Crippen LogP contribution in [-0.2, 0) is 19.1 Å². The summed E-state index contributed by atoms with van der Waals surface area (Å²) in [6, 6.07) is 0. The second-order valence-corrected chi connectivity index (χ2v) is 4.01. The molecule has 0 aromatic rings. The first kappa shape index (κ1) is 16.5. The first-order valence-electron chi connectivity index (χ1n) is 3.68. The fourth-order valence-electron chi connectivity index (χ4n) is 0.547. The van der Waals surface area contributed by atoms with Crippen LogP contribution in [0.4, 0.5) is 0 Å². The Balaban J connectivity index is -0.000000720. The molecule has 0 heterocycles. The summed E-state index contributed by atoms with van der Waals surface area (Å²) in [7, 11) is -3.98. The van der Waals surface area contributed by atoms with Gasteiger partial charge in [0.1, 0.15) is 5.75 Å². The molecule has 0 aliphatic heterocycles. The molecule has 5 nitrogen and oxygen atoms in total. The molecule has 0 aromatic carbocycles. The van der Waals surface area contributed by atoms with Gasteiger partial charge in [-0.1, -0.05) is 13.5 Å². The van der Waals surface area contributed by atoms with Gasteiger partial charge in [-0.15, -0.1) is 0 Å². The van der Waals surface area contributed by atoms with Crippen molar-refractivity contribution >= 4 is 16.1 Å². The van der Waals surface area contributed by atoms with E-state index in [1.807, 2.05) is 0 Å². The molecule has 1 N–H and O–H groups in total. The Bertz CT molecular complexity index is 290. The molecule has 0 aliphatic carbocycles. The Morgan fingerprint density at radius 2 is 2.21 bits per heavy atom. The van der Waals surface area contributed by atoms with Gasteiger partial charge in [0.2, 0.25) is 0 Å². The summed E-state index contributed by atoms with van der Waals surface area (Å²) in [6.45, 7) is 4.66. The predicted molar refractivity (Wildman–Crippen MR) is 47.5 cm³/mol. The third-order valence-electron chi connectivity index (χ3n) is 1.24. The van der Waals surface area contributed by atoms with Crippen LogP contribution in [0.1, 0.15) is 14.8 Å². The summed E-state index contributed by atoms with van der Waals surface area (Å²) in [4.78, 5) is 10.5. The quantitative estimate of drug-likeness (QED) is 0.309. The molecule has 0 bridgehead atoms. The summed E-state index contributed by atoms with van der Waals surface area (Å²) < 4.78 is 25.9. The van der Waals surface area contributed by atoms with Gasteiger partial charge in [-0.05, 0) is 6.42 Å². The van der Waals surface area contributed by atoms with Crippen LogP contribution >= 0.6 is 0 Å². The number of hydrogen-bond donors (Lipinski definition) is 1. The van der Waals surface area contributed by atoms with Crippen molar-refractivity contribution < 1.29 is 53.5 Å². The average molecular weight is 232 g/mol. The third kappa shape index (κ3) is 7.52. The average Bonchev–Trinajstić information content (AvgIpc) is 2.02. The van der Waals surface area contributed by atoms with E-state index in [9.17, 15) is 13.2 Å². The minimum absolute atomic E-state index is 0. The summed E-state index contributed by atoms with van der Waals surface area (Å²) in [6.07, 6.45) is 0.0171. The zero-order valence-electron chi connectivity index (χ0n) is 9.26. The van der Waals surface area contributed by atoms with Crippen LogP contribution in [0.2, 0.25) is 0 Å². The third-order valence-corrected chi connectivity index (χ3v) is 2.45. The van der Waals surface area contributed by atoms with Crippen LogP contribution in [0.25, 0.3) is 0 Å². The van der Waals surface area contributed by atoms with Crippen molar-refractivity contribution in [3.63, 3.8) is 0 Å². The maximum absolute atomic E-state index is 10.9. The normalized spacial score (nSPS) is 12.4. The number of aliphatic hydroxyl groups is 1. The number of hydrogen-bond acceptors (Lipinski definition) is 5. The van der Waals surface area contributed by atoms with E-state index in [-0.39, 0.29) is 37.4 Å². The van der Waals surface area contributed by atoms with Gasteiger partial charge >= 0.3 is 45.6 Å². The van der Waals surface area contributed by atoms with Gasteiger partial charge in [0.05, 0.1) is 6.10 Å². The molecule has 0 fully saturated rings. The van der Waals surface area contributed by atoms with Gasteiger partial charge in [-0.2, -0.15) is 8.42 Å². The molecule has 0 aromatic heterocycles. The van der Waals surface area contributed by atoms with Crippen LogP contribution in [0.5, 0.6) is 0 Å². The molecule has 0 spiro atoms. The smallest absolute Gasteiger partial charge is 1.00 e. The predicted octanol–water partition coefficient (Wildman–Crippen LogP) is -3.07. The van der Waals surface area contributed by atoms with E-state index in [0.29, 0.717) is 0 Å². The number of aliphatic hydroxyl groups excluding tert-OH is 1. The summed E-state index contributed by atoms with van der Waals surface area (Å²) in [5.41, 5.74) is 0. The molecule has 0 amide bonds. The second kappa shape index (κ2) is 7.42. The minimum Gasteiger partial charge on any atom is -1.00 e. The van der Waals surface area contributed by atoms with E-state index >= 15 is 0 Å². The van der Waals surface area contributed by atoms with E-state index in [1.165, 1.54) is 0 Å². The largest absolute Gasteiger partial charge is 1.00 e. The van der Waals surface area contributed by atoms with Gasteiger partial charge in [0.15, 0.2) is 0 Å². The monoisotopic (exact) mass is 232 g/mol. The first-order chi connectivity index (χ1) is 5.91. The Kier molecular flexibility index (Phi) is 8.77. The van der Waals surface area contributed by atoms with Crippen LogP contribution in [0.3, 0.4) is 0 Å². The Hall–Kier alpha value is 0.120. The molecule has 0 saturated heterocycles. The fraction of sp³-hybridized carbons (Fsp3) is 0.571. The van der Waals surface area contributed by atoms with Crippen molar-refractivity contribution in [3.8, 4) is 0 Å². The number of carbonyl (C=O) groups excluding carboxylic acids is 1. The molecule has 7 heteroatoms. The fourth-order valence-corrected chi connectivity index (χ4v) is 1.64. The maximum atomic E-state index is 10.9. The molecule has 78 valence electrons. The van der Waals surface area contributed by atoms with Crippen LogP contribution in [-0.4, -0.2) is 31.4 Å². The van der Waals surface area contributed by atoms with Crippen LogP contribution < -0.4 is 29.6 Å². The van der Waals surface area contributed by atoms with E-state index in [0.717, 1.165) is 6.08 Å². The maximum Gasteiger partial charge on any atom is 1.00 e. The standard InChI is InChI=1S/C7H12O5S.Na.H/c1-3-6(8)5-13(10,11)12-7(9)4-2;;/h4,6,8H,2-3,5H2,1H3;;/q;+1;-1. The van der Waals surface area contributed by atoms with Gasteiger partial charge < -0.3 is 10.7 Å². The minimum atomic E-state index is -3.98. The van der Waals surface area contributed by atoms with E-state index in [1.54, 1.807) is 6.92 Å². The molecule has 1 atom stereocenters. The van der Waals surface area contributed by atoms with Crippen molar-refractivity contribution in [1.29, 1.82) is 0 Å². The summed E-state index contributed by atoms with van der Waals surface area (Å²) >= 11 is 0. The molecule has 14 heavy (non-hydrogen) atoms. The zero-order valence-corrected chi connectivity index (χ0v) is 11.1. The van der Waals surface area contributed by atoms with E-state index < -0.39 is 27.9 Å². The zero-order chi connectivity index (χ0) is 10.5. The molecule has 0 aliphatic rings. The Labute approximate surface area is 107 Å². The van der Waals surface area contributed by atoms with Crippen molar-refractivity contribution in [3.05, 3.63) is 12.7 Å². The second-order valence-electron chi connectivity index (χ2n) is 2.39. The van der Waals surface area contributed by atoms with Gasteiger partial charge in [-0.3, -0.25) is 0 Å². The Morgan fingerprint density at radius 3 is 2.57 bits per heavy atom. The van der Waals surface area contributed by atoms with E-state index in [2.05, 4.69) is 10.8 Å².